The molecule has 0 rings (SSSR count). The summed E-state index contributed by atoms with van der Waals surface area (Å²) in [5, 5.41) is 16.6. The van der Waals surface area contributed by atoms with Crippen LogP contribution in [0.15, 0.2) is 0 Å². The Labute approximate surface area is 167 Å². The average molecular weight is 414 g/mol. The zero-order chi connectivity index (χ0) is 21.0. The third-order valence-electron chi connectivity index (χ3n) is 2.35. The summed E-state index contributed by atoms with van der Waals surface area (Å²) >= 11 is 0. The minimum Gasteiger partial charge on any atom is -0.487 e. The fourth-order valence-corrected chi connectivity index (χ4v) is 1.06. The number of methoxy groups -OCH3 is 2. The average Bonchev–Trinajstić information content (AvgIpc) is 2.68. The van der Waals surface area contributed by atoms with Gasteiger partial charge in [0.15, 0.2) is 9.04 Å². The van der Waals surface area contributed by atoms with Crippen molar-refractivity contribution in [1.82, 2.24) is 0 Å². The van der Waals surface area contributed by atoms with Crippen LogP contribution in [-0.2, 0) is 32.8 Å². The summed E-state index contributed by atoms with van der Waals surface area (Å²) in [6.07, 6.45) is 0. The van der Waals surface area contributed by atoms with Crippen molar-refractivity contribution in [2.45, 2.75) is 13.1 Å². The van der Waals surface area contributed by atoms with Gasteiger partial charge in [-0.2, -0.15) is 0 Å². The minimum atomic E-state index is -0.872. The summed E-state index contributed by atoms with van der Waals surface area (Å²) in [6.45, 7) is 9.52. The second-order valence-corrected chi connectivity index (χ2v) is 7.44. The van der Waals surface area contributed by atoms with E-state index in [1.54, 1.807) is 14.2 Å². The highest BCUT2D eigenvalue weighted by molar-refractivity contribution is 6.52. The summed E-state index contributed by atoms with van der Waals surface area (Å²) in [4.78, 5) is 0. The topological polar surface area (TPSA) is 105 Å². The summed E-state index contributed by atoms with van der Waals surface area (Å²) in [7, 11) is 7.12. The third kappa shape index (κ3) is 46.2. The van der Waals surface area contributed by atoms with Crippen LogP contribution in [0.25, 0.3) is 0 Å². The van der Waals surface area contributed by atoms with Gasteiger partial charge in [0, 0.05) is 14.2 Å². The molecule has 0 bridgehead atoms. The SMILES string of the molecule is COCCOCCOCCO.COCCOCCOCCO.[B]O[SiH](C)C. The van der Waals surface area contributed by atoms with Gasteiger partial charge in [0.05, 0.1) is 79.3 Å². The zero-order valence-corrected chi connectivity index (χ0v) is 18.5. The molecule has 0 fully saturated rings. The predicted molar refractivity (Wildman–Crippen MR) is 107 cm³/mol. The molecule has 27 heavy (non-hydrogen) atoms. The predicted octanol–water partition coefficient (Wildman–Crippen LogP) is -0.613. The van der Waals surface area contributed by atoms with E-state index in [-0.39, 0.29) is 13.2 Å². The lowest BCUT2D eigenvalue weighted by atomic mass is 10.6. The second-order valence-electron chi connectivity index (χ2n) is 5.07. The maximum Gasteiger partial charge on any atom is 0.263 e. The Morgan fingerprint density at radius 3 is 1.07 bits per heavy atom. The van der Waals surface area contributed by atoms with Gasteiger partial charge >= 0.3 is 0 Å². The van der Waals surface area contributed by atoms with E-state index in [1.807, 2.05) is 13.1 Å². The van der Waals surface area contributed by atoms with Gasteiger partial charge in [0.2, 0.25) is 0 Å². The lowest BCUT2D eigenvalue weighted by molar-refractivity contribution is 0.0159. The Kier molecular flexibility index (Phi) is 39.2. The van der Waals surface area contributed by atoms with Crippen LogP contribution in [0, 0.1) is 0 Å². The van der Waals surface area contributed by atoms with Crippen molar-refractivity contribution in [1.29, 1.82) is 0 Å². The molecule has 0 heterocycles. The zero-order valence-electron chi connectivity index (χ0n) is 17.4. The molecule has 0 amide bonds. The minimum absolute atomic E-state index is 0.0675. The molecular weight excluding hydrogens is 375 g/mol. The number of aliphatic hydroxyl groups is 2. The van der Waals surface area contributed by atoms with E-state index in [1.165, 1.54) is 0 Å². The molecule has 164 valence electrons. The Hall–Kier alpha value is -0.0782. The molecule has 0 unspecified atom stereocenters. The highest BCUT2D eigenvalue weighted by Gasteiger charge is 1.88. The lowest BCUT2D eigenvalue weighted by Crippen LogP contribution is -2.09. The summed E-state index contributed by atoms with van der Waals surface area (Å²) in [5.41, 5.74) is 0. The molecule has 2 radical (unpaired) electrons. The molecule has 0 atom stereocenters. The van der Waals surface area contributed by atoms with Gasteiger partial charge in [-0.1, -0.05) is 0 Å². The first-order chi connectivity index (χ1) is 13.1. The Balaban J connectivity index is -0.000000344. The van der Waals surface area contributed by atoms with E-state index >= 15 is 0 Å². The van der Waals surface area contributed by atoms with Crippen molar-refractivity contribution >= 4 is 17.1 Å². The van der Waals surface area contributed by atoms with Gasteiger partial charge in [0.1, 0.15) is 0 Å². The Bertz CT molecular complexity index is 196. The van der Waals surface area contributed by atoms with Crippen LogP contribution in [-0.4, -0.2) is 121 Å². The van der Waals surface area contributed by atoms with E-state index in [0.29, 0.717) is 66.1 Å². The quantitative estimate of drug-likeness (QED) is 0.238. The molecule has 9 nitrogen and oxygen atoms in total. The number of hydrogen-bond acceptors (Lipinski definition) is 9. The van der Waals surface area contributed by atoms with E-state index in [0.717, 1.165) is 0 Å². The summed E-state index contributed by atoms with van der Waals surface area (Å²) in [6, 6.07) is 0. The van der Waals surface area contributed by atoms with Crippen molar-refractivity contribution < 1.29 is 43.0 Å². The van der Waals surface area contributed by atoms with Gasteiger partial charge in [-0.3, -0.25) is 0 Å². The van der Waals surface area contributed by atoms with E-state index in [4.69, 9.17) is 46.7 Å². The Morgan fingerprint density at radius 2 is 0.852 bits per heavy atom. The summed E-state index contributed by atoms with van der Waals surface area (Å²) in [5.74, 6) is 0. The van der Waals surface area contributed by atoms with Gasteiger partial charge in [-0.05, 0) is 13.1 Å². The second kappa shape index (κ2) is 33.5. The fraction of sp³-hybridized carbons (Fsp3) is 1.00. The van der Waals surface area contributed by atoms with Crippen LogP contribution in [0.5, 0.6) is 0 Å². The van der Waals surface area contributed by atoms with Crippen LogP contribution in [0.1, 0.15) is 0 Å². The molecule has 0 saturated carbocycles. The first kappa shape index (κ1) is 31.6. The van der Waals surface area contributed by atoms with Crippen molar-refractivity contribution in [2.75, 3.05) is 93.5 Å². The van der Waals surface area contributed by atoms with Crippen LogP contribution < -0.4 is 0 Å². The van der Waals surface area contributed by atoms with E-state index in [2.05, 4.69) is 4.34 Å². The van der Waals surface area contributed by atoms with Crippen LogP contribution in [0.3, 0.4) is 0 Å². The fourth-order valence-electron chi connectivity index (χ4n) is 1.06. The van der Waals surface area contributed by atoms with Crippen molar-refractivity contribution in [3.63, 3.8) is 0 Å². The number of aliphatic hydroxyl groups excluding tert-OH is 2. The molecule has 0 aliphatic rings. The number of rotatable bonds is 17. The van der Waals surface area contributed by atoms with Gasteiger partial charge in [-0.15, -0.1) is 0 Å². The van der Waals surface area contributed by atoms with Gasteiger partial charge in [-0.25, -0.2) is 0 Å². The lowest BCUT2D eigenvalue weighted by Gasteiger charge is -2.03. The third-order valence-corrected chi connectivity index (χ3v) is 2.90. The monoisotopic (exact) mass is 414 g/mol. The van der Waals surface area contributed by atoms with Crippen LogP contribution in [0.2, 0.25) is 13.1 Å². The molecule has 0 spiro atoms. The molecule has 11 heteroatoms. The summed E-state index contributed by atoms with van der Waals surface area (Å²) < 4.78 is 34.0. The molecule has 0 aromatic rings. The molecular formula is C16H39BO9Si. The van der Waals surface area contributed by atoms with Crippen molar-refractivity contribution in [3.05, 3.63) is 0 Å². The maximum atomic E-state index is 8.32. The van der Waals surface area contributed by atoms with E-state index < -0.39 is 9.04 Å². The molecule has 0 saturated heterocycles. The Morgan fingerprint density at radius 1 is 0.593 bits per heavy atom. The number of hydrogen-bond donors (Lipinski definition) is 2. The molecule has 2 N–H and O–H groups in total. The highest BCUT2D eigenvalue weighted by atomic mass is 28.3. The van der Waals surface area contributed by atoms with Crippen molar-refractivity contribution in [3.8, 4) is 0 Å². The molecule has 0 aliphatic carbocycles. The first-order valence-corrected chi connectivity index (χ1v) is 11.7. The van der Waals surface area contributed by atoms with Gasteiger partial charge in [0.25, 0.3) is 8.05 Å². The smallest absolute Gasteiger partial charge is 0.263 e. The van der Waals surface area contributed by atoms with E-state index in [9.17, 15) is 0 Å². The first-order valence-electron chi connectivity index (χ1n) is 8.96. The van der Waals surface area contributed by atoms with Gasteiger partial charge < -0.3 is 43.0 Å². The maximum absolute atomic E-state index is 8.32. The van der Waals surface area contributed by atoms with Crippen LogP contribution in [0.4, 0.5) is 0 Å². The standard InChI is InChI=1S/2C7H16O4.C2H7BOSi/c2*1-9-4-5-11-7-6-10-3-2-8;1-5(2)4-3/h2*8H,2-7H2,1H3;5H,1-2H3. The molecule has 0 aliphatic heterocycles. The molecule has 0 aromatic heterocycles. The number of ether oxygens (including phenoxy) is 6. The normalized spacial score (nSPS) is 10.2. The van der Waals surface area contributed by atoms with Crippen LogP contribution >= 0.6 is 0 Å². The molecule has 0 aromatic carbocycles. The largest absolute Gasteiger partial charge is 0.487 e. The van der Waals surface area contributed by atoms with Crippen molar-refractivity contribution in [2.24, 2.45) is 0 Å². The highest BCUT2D eigenvalue weighted by Crippen LogP contribution is 1.79.